The molecule has 0 spiro atoms. The number of nitrogens with one attached hydrogen (secondary N) is 7. The lowest BCUT2D eigenvalue weighted by Gasteiger charge is -2.28. The summed E-state index contributed by atoms with van der Waals surface area (Å²) in [5.41, 5.74) is 27.6. The number of amides is 10. The van der Waals surface area contributed by atoms with Crippen molar-refractivity contribution < 1.29 is 57.8 Å². The van der Waals surface area contributed by atoms with Gasteiger partial charge < -0.3 is 80.7 Å². The largest absolute Gasteiger partial charge is 0.394 e. The maximum atomic E-state index is 14.2. The van der Waals surface area contributed by atoms with E-state index >= 15 is 0 Å². The van der Waals surface area contributed by atoms with Crippen LogP contribution in [0.25, 0.3) is 0 Å². The molecule has 26 nitrogen and oxygen atoms in total. The summed E-state index contributed by atoms with van der Waals surface area (Å²) in [6.07, 6.45) is -0.0225. The van der Waals surface area contributed by atoms with Gasteiger partial charge in [0.25, 0.3) is 0 Å². The van der Waals surface area contributed by atoms with Crippen molar-refractivity contribution in [1.82, 2.24) is 42.1 Å². The second-order valence-corrected chi connectivity index (χ2v) is 16.9. The summed E-state index contributed by atoms with van der Waals surface area (Å²) in [7, 11) is 0. The van der Waals surface area contributed by atoms with Crippen molar-refractivity contribution >= 4 is 71.3 Å². The van der Waals surface area contributed by atoms with E-state index in [0.29, 0.717) is 37.7 Å². The first-order chi connectivity index (χ1) is 32.6. The van der Waals surface area contributed by atoms with Gasteiger partial charge in [-0.2, -0.15) is 0 Å². The summed E-state index contributed by atoms with van der Waals surface area (Å²) in [4.78, 5) is 148. The zero-order valence-corrected chi connectivity index (χ0v) is 39.1. The molecule has 0 saturated carbocycles. The molecule has 0 unspecified atom stereocenters. The highest BCUT2D eigenvalue weighted by Gasteiger charge is 2.37. The van der Waals surface area contributed by atoms with Gasteiger partial charge in [0.1, 0.15) is 42.5 Å². The molecule has 18 N–H and O–H groups in total. The van der Waals surface area contributed by atoms with Crippen LogP contribution in [0.5, 0.6) is 0 Å². The third-order valence-electron chi connectivity index (χ3n) is 10.6. The zero-order valence-electron chi connectivity index (χ0n) is 39.1. The number of guanidine groups is 1. The standard InChI is InChI=1S/C43H68N14O12/c1-23(2)17-28(37(64)53-27(13-14-33(45)60)36(63)56-31(22-59)40(67)51-26(21-58)11-7-15-49-43(47)48)54-38(65)29(18-25-9-5-4-6-10-25)55-39(66)30(19-34(46)61)52-35(62)20-50-41(68)32-12-8-16-57(32)42(69)24(3)44/h4-6,9-10,21,23-24,26-32,59H,7-8,11-20,22,44H2,1-3H3,(H2,45,60)(H2,46,61)(H,50,68)(H,51,67)(H,52,62)(H,53,64)(H,54,65)(H,55,66)(H,56,63)(H4,47,48,49)/t24-,26-,27-,28-,29-,30-,31-,32-/m0/s1. The van der Waals surface area contributed by atoms with E-state index in [9.17, 15) is 57.8 Å². The second-order valence-electron chi connectivity index (χ2n) is 16.9. The number of benzene rings is 1. The lowest BCUT2D eigenvalue weighted by molar-refractivity contribution is -0.139. The molecule has 0 bridgehead atoms. The van der Waals surface area contributed by atoms with Gasteiger partial charge in [-0.05, 0) is 56.9 Å². The fraction of sp³-hybridized carbons (Fsp3) is 0.581. The van der Waals surface area contributed by atoms with E-state index in [1.54, 1.807) is 44.2 Å². The molecule has 1 saturated heterocycles. The van der Waals surface area contributed by atoms with Crippen molar-refractivity contribution in [1.29, 1.82) is 0 Å². The number of hydrogen-bond acceptors (Lipinski definition) is 14. The Kier molecular flexibility index (Phi) is 24.8. The van der Waals surface area contributed by atoms with E-state index in [1.165, 1.54) is 11.8 Å². The number of aliphatic hydroxyl groups excluding tert-OH is 1. The predicted molar refractivity (Wildman–Crippen MR) is 248 cm³/mol. The lowest BCUT2D eigenvalue weighted by Crippen LogP contribution is -2.60. The molecule has 0 aromatic heterocycles. The monoisotopic (exact) mass is 973 g/mol. The van der Waals surface area contributed by atoms with E-state index in [1.807, 2.05) is 0 Å². The van der Waals surface area contributed by atoms with Gasteiger partial charge in [0.2, 0.25) is 59.1 Å². The SMILES string of the molecule is CC(C)C[C@H](NC(=O)[C@H](Cc1ccccc1)NC(=O)[C@H](CC(N)=O)NC(=O)CNC(=O)[C@@H]1CCCN1C(=O)[C@H](C)N)C(=O)N[C@@H](CCC(N)=O)C(=O)N[C@@H](CO)C(=O)N[C@H](C=O)CCCN=C(N)N. The third-order valence-corrected chi connectivity index (χ3v) is 10.6. The van der Waals surface area contributed by atoms with Crippen molar-refractivity contribution in [2.75, 3.05) is 26.2 Å². The Morgan fingerprint density at radius 3 is 1.91 bits per heavy atom. The van der Waals surface area contributed by atoms with Crippen molar-refractivity contribution in [2.24, 2.45) is 39.6 Å². The highest BCUT2D eigenvalue weighted by Crippen LogP contribution is 2.18. The first-order valence-corrected chi connectivity index (χ1v) is 22.4. The maximum Gasteiger partial charge on any atom is 0.245 e. The number of rotatable bonds is 30. The van der Waals surface area contributed by atoms with E-state index < -0.39 is 133 Å². The van der Waals surface area contributed by atoms with Crippen LogP contribution in [0.3, 0.4) is 0 Å². The van der Waals surface area contributed by atoms with Crippen LogP contribution in [0.15, 0.2) is 35.3 Å². The van der Waals surface area contributed by atoms with Crippen LogP contribution >= 0.6 is 0 Å². The van der Waals surface area contributed by atoms with Gasteiger partial charge in [0.15, 0.2) is 5.96 Å². The van der Waals surface area contributed by atoms with E-state index in [2.05, 4.69) is 42.2 Å². The summed E-state index contributed by atoms with van der Waals surface area (Å²) >= 11 is 0. The Bertz CT molecular complexity index is 2000. The molecule has 1 aromatic rings. The van der Waals surface area contributed by atoms with Gasteiger partial charge in [0.05, 0.1) is 31.7 Å². The maximum absolute atomic E-state index is 14.2. The van der Waals surface area contributed by atoms with Gasteiger partial charge >= 0.3 is 0 Å². The number of aliphatic hydroxyl groups is 1. The number of primary amides is 2. The highest BCUT2D eigenvalue weighted by atomic mass is 16.3. The number of likely N-dealkylation sites (tertiary alicyclic amines) is 1. The van der Waals surface area contributed by atoms with Crippen molar-refractivity contribution in [2.45, 2.75) is 127 Å². The minimum absolute atomic E-state index is 0.0320. The summed E-state index contributed by atoms with van der Waals surface area (Å²) in [5, 5.41) is 27.0. The Labute approximate surface area is 399 Å². The Balaban J connectivity index is 2.30. The van der Waals surface area contributed by atoms with Crippen molar-refractivity contribution in [3.05, 3.63) is 35.9 Å². The number of hydrogen-bond donors (Lipinski definition) is 13. The molecule has 0 radical (unpaired) electrons. The van der Waals surface area contributed by atoms with Crippen LogP contribution in [-0.4, -0.2) is 156 Å². The van der Waals surface area contributed by atoms with Gasteiger partial charge in [-0.15, -0.1) is 0 Å². The zero-order chi connectivity index (χ0) is 51.8. The van der Waals surface area contributed by atoms with Gasteiger partial charge in [-0.1, -0.05) is 44.2 Å². The molecule has 10 amide bonds. The molecule has 0 aliphatic carbocycles. The van der Waals surface area contributed by atoms with Crippen LogP contribution in [0.4, 0.5) is 0 Å². The summed E-state index contributed by atoms with van der Waals surface area (Å²) in [6, 6.07) is -2.12. The summed E-state index contributed by atoms with van der Waals surface area (Å²) in [6.45, 7) is 3.80. The number of carbonyl (C=O) groups is 11. The van der Waals surface area contributed by atoms with Crippen LogP contribution < -0.4 is 65.9 Å². The predicted octanol–water partition coefficient (Wildman–Crippen LogP) is -5.98. The Morgan fingerprint density at radius 1 is 0.754 bits per heavy atom. The van der Waals surface area contributed by atoms with Crippen molar-refractivity contribution in [3.63, 3.8) is 0 Å². The Hall–Kier alpha value is -7.22. The van der Waals surface area contributed by atoms with E-state index in [0.717, 1.165) is 0 Å². The first-order valence-electron chi connectivity index (χ1n) is 22.4. The molecule has 1 aliphatic rings. The van der Waals surface area contributed by atoms with Crippen LogP contribution in [0.1, 0.15) is 77.7 Å². The molecule has 1 fully saturated rings. The molecular weight excluding hydrogens is 905 g/mol. The number of nitrogens with zero attached hydrogens (tertiary/aromatic N) is 2. The summed E-state index contributed by atoms with van der Waals surface area (Å²) in [5.74, 6) is -9.13. The van der Waals surface area contributed by atoms with E-state index in [-0.39, 0.29) is 44.1 Å². The van der Waals surface area contributed by atoms with Gasteiger partial charge in [-0.25, -0.2) is 0 Å². The normalized spacial score (nSPS) is 16.1. The molecule has 1 aliphatic heterocycles. The molecule has 1 heterocycles. The minimum Gasteiger partial charge on any atom is -0.394 e. The molecule has 2 rings (SSSR count). The van der Waals surface area contributed by atoms with Crippen molar-refractivity contribution in [3.8, 4) is 0 Å². The average Bonchev–Trinajstić information content (AvgIpc) is 3.78. The Morgan fingerprint density at radius 2 is 1.33 bits per heavy atom. The minimum atomic E-state index is -1.65. The highest BCUT2D eigenvalue weighted by molar-refractivity contribution is 5.98. The quantitative estimate of drug-likeness (QED) is 0.0148. The number of aldehydes is 1. The molecule has 69 heavy (non-hydrogen) atoms. The average molecular weight is 973 g/mol. The fourth-order valence-electron chi connectivity index (χ4n) is 7.08. The van der Waals surface area contributed by atoms with Crippen LogP contribution in [0.2, 0.25) is 0 Å². The van der Waals surface area contributed by atoms with Gasteiger partial charge in [-0.3, -0.25) is 52.9 Å². The molecule has 26 heteroatoms. The fourth-order valence-corrected chi connectivity index (χ4v) is 7.08. The third kappa shape index (κ3) is 21.1. The molecule has 382 valence electrons. The first kappa shape index (κ1) is 57.9. The number of aliphatic imine (C=N–C) groups is 1. The van der Waals surface area contributed by atoms with Crippen LogP contribution in [-0.2, 0) is 59.2 Å². The van der Waals surface area contributed by atoms with Gasteiger partial charge in [0, 0.05) is 25.9 Å². The number of nitrogens with two attached hydrogens (primary N) is 5. The number of carbonyl (C=O) groups excluding carboxylic acids is 11. The second kappa shape index (κ2) is 29.5. The lowest BCUT2D eigenvalue weighted by atomic mass is 10.00. The summed E-state index contributed by atoms with van der Waals surface area (Å²) < 4.78 is 0. The van der Waals surface area contributed by atoms with E-state index in [4.69, 9.17) is 28.7 Å². The topological polar surface area (TPSA) is 438 Å². The smallest absolute Gasteiger partial charge is 0.245 e. The molecule has 1 aromatic carbocycles. The molecular formula is C43H68N14O12. The van der Waals surface area contributed by atoms with Crippen LogP contribution in [0, 0.1) is 5.92 Å². The molecule has 8 atom stereocenters.